The first-order valence-electron chi connectivity index (χ1n) is 7.38. The van der Waals surface area contributed by atoms with Gasteiger partial charge in [-0.05, 0) is 47.3 Å². The number of aromatic nitrogens is 2. The summed E-state index contributed by atoms with van der Waals surface area (Å²) in [7, 11) is 1.50. The number of carbonyl (C=O) groups excluding carboxylic acids is 1. The quantitative estimate of drug-likeness (QED) is 0.298. The van der Waals surface area contributed by atoms with Gasteiger partial charge >= 0.3 is 5.97 Å². The first-order chi connectivity index (χ1) is 12.7. The van der Waals surface area contributed by atoms with E-state index in [1.54, 1.807) is 48.7 Å². The molecule has 0 atom stereocenters. The maximum Gasteiger partial charge on any atom is 0.353 e. The summed E-state index contributed by atoms with van der Waals surface area (Å²) in [5.41, 5.74) is 3.48. The molecule has 3 rings (SSSR count). The summed E-state index contributed by atoms with van der Waals surface area (Å²) in [6.45, 7) is 0. The number of esters is 1. The molecular formula is C17H13ClN4O3S. The fourth-order valence-electron chi connectivity index (χ4n) is 1.94. The zero-order valence-electron chi connectivity index (χ0n) is 13.5. The maximum absolute atomic E-state index is 12.1. The summed E-state index contributed by atoms with van der Waals surface area (Å²) < 4.78 is 10.7. The largest absolute Gasteiger partial charge is 0.493 e. The Kier molecular flexibility index (Phi) is 5.77. The first kappa shape index (κ1) is 17.8. The van der Waals surface area contributed by atoms with Crippen molar-refractivity contribution in [2.75, 3.05) is 12.5 Å². The van der Waals surface area contributed by atoms with Gasteiger partial charge in [-0.15, -0.1) is 21.5 Å². The third-order valence-electron chi connectivity index (χ3n) is 3.14. The monoisotopic (exact) mass is 388 g/mol. The Hall–Kier alpha value is -2.97. The Bertz CT molecular complexity index is 914. The number of nitrogens with one attached hydrogen (secondary N) is 1. The number of halogens is 1. The van der Waals surface area contributed by atoms with E-state index in [1.165, 1.54) is 18.4 Å². The molecule has 7 nitrogen and oxygen atoms in total. The predicted octanol–water partition coefficient (Wildman–Crippen LogP) is 3.87. The lowest BCUT2D eigenvalue weighted by Crippen LogP contribution is -2.07. The number of ether oxygens (including phenoxy) is 2. The highest BCUT2D eigenvalue weighted by Crippen LogP contribution is 2.28. The minimum atomic E-state index is -0.428. The first-order valence-corrected chi connectivity index (χ1v) is 8.63. The van der Waals surface area contributed by atoms with Gasteiger partial charge in [-0.2, -0.15) is 5.10 Å². The number of hydrazone groups is 1. The molecule has 0 amide bonds. The number of anilines is 1. The summed E-state index contributed by atoms with van der Waals surface area (Å²) in [5.74, 6) is 0.784. The number of rotatable bonds is 6. The van der Waals surface area contributed by atoms with E-state index in [2.05, 4.69) is 20.7 Å². The van der Waals surface area contributed by atoms with Crippen LogP contribution in [0.15, 0.2) is 52.9 Å². The van der Waals surface area contributed by atoms with Crippen molar-refractivity contribution in [1.82, 2.24) is 10.2 Å². The van der Waals surface area contributed by atoms with Gasteiger partial charge in [0.05, 0.1) is 13.3 Å². The molecule has 0 saturated carbocycles. The molecule has 0 aliphatic rings. The summed E-state index contributed by atoms with van der Waals surface area (Å²) in [6, 6.07) is 11.8. The van der Waals surface area contributed by atoms with Crippen molar-refractivity contribution in [3.63, 3.8) is 0 Å². The number of methoxy groups -OCH3 is 1. The highest BCUT2D eigenvalue weighted by atomic mass is 35.5. The smallest absolute Gasteiger partial charge is 0.353 e. The molecule has 1 N–H and O–H groups in total. The number of thiophene rings is 1. The third kappa shape index (κ3) is 4.56. The Balaban J connectivity index is 1.68. The number of nitrogens with zero attached hydrogens (tertiary/aromatic N) is 3. The van der Waals surface area contributed by atoms with E-state index < -0.39 is 5.97 Å². The molecule has 0 saturated heterocycles. The van der Waals surface area contributed by atoms with Crippen molar-refractivity contribution in [2.24, 2.45) is 5.10 Å². The van der Waals surface area contributed by atoms with E-state index in [-0.39, 0.29) is 0 Å². The van der Waals surface area contributed by atoms with Gasteiger partial charge in [-0.3, -0.25) is 5.43 Å². The molecule has 3 aromatic rings. The molecule has 1 aromatic carbocycles. The molecule has 0 spiro atoms. The fraction of sp³-hybridized carbons (Fsp3) is 0.0588. The Morgan fingerprint density at radius 1 is 1.23 bits per heavy atom. The van der Waals surface area contributed by atoms with Gasteiger partial charge in [0, 0.05) is 0 Å². The molecule has 2 aromatic heterocycles. The van der Waals surface area contributed by atoms with E-state index in [4.69, 9.17) is 21.1 Å². The second kappa shape index (κ2) is 8.41. The predicted molar refractivity (Wildman–Crippen MR) is 101 cm³/mol. The zero-order chi connectivity index (χ0) is 18.4. The van der Waals surface area contributed by atoms with Gasteiger partial charge in [0.15, 0.2) is 22.5 Å². The van der Waals surface area contributed by atoms with Gasteiger partial charge in [0.2, 0.25) is 0 Å². The SMILES string of the molecule is COc1cc(C=NNc2ccc(Cl)nn2)ccc1OC(=O)c1cccs1. The average Bonchev–Trinajstić information content (AvgIpc) is 3.19. The summed E-state index contributed by atoms with van der Waals surface area (Å²) >= 11 is 6.98. The highest BCUT2D eigenvalue weighted by molar-refractivity contribution is 7.12. The zero-order valence-corrected chi connectivity index (χ0v) is 15.1. The molecule has 0 bridgehead atoms. The van der Waals surface area contributed by atoms with Crippen LogP contribution in [0.2, 0.25) is 5.15 Å². The molecule has 0 unspecified atom stereocenters. The second-order valence-electron chi connectivity index (χ2n) is 4.89. The Morgan fingerprint density at radius 3 is 2.81 bits per heavy atom. The molecular weight excluding hydrogens is 376 g/mol. The lowest BCUT2D eigenvalue weighted by Gasteiger charge is -2.09. The molecule has 26 heavy (non-hydrogen) atoms. The average molecular weight is 389 g/mol. The molecule has 0 aliphatic carbocycles. The van der Waals surface area contributed by atoms with Crippen molar-refractivity contribution >= 4 is 40.9 Å². The van der Waals surface area contributed by atoms with Gasteiger partial charge < -0.3 is 9.47 Å². The maximum atomic E-state index is 12.1. The van der Waals surface area contributed by atoms with Crippen LogP contribution in [0.3, 0.4) is 0 Å². The van der Waals surface area contributed by atoms with Crippen LogP contribution in [-0.4, -0.2) is 29.5 Å². The van der Waals surface area contributed by atoms with Crippen molar-refractivity contribution < 1.29 is 14.3 Å². The molecule has 0 fully saturated rings. The molecule has 9 heteroatoms. The van der Waals surface area contributed by atoms with Crippen LogP contribution in [0.25, 0.3) is 0 Å². The van der Waals surface area contributed by atoms with Crippen LogP contribution >= 0.6 is 22.9 Å². The van der Waals surface area contributed by atoms with Crippen LogP contribution in [-0.2, 0) is 0 Å². The van der Waals surface area contributed by atoms with E-state index in [0.29, 0.717) is 27.3 Å². The fourth-order valence-corrected chi connectivity index (χ4v) is 2.64. The van der Waals surface area contributed by atoms with Crippen molar-refractivity contribution in [3.8, 4) is 11.5 Å². The van der Waals surface area contributed by atoms with Crippen LogP contribution < -0.4 is 14.9 Å². The van der Waals surface area contributed by atoms with E-state index in [0.717, 1.165) is 5.56 Å². The minimum Gasteiger partial charge on any atom is -0.493 e. The van der Waals surface area contributed by atoms with Crippen molar-refractivity contribution in [1.29, 1.82) is 0 Å². The van der Waals surface area contributed by atoms with Crippen LogP contribution in [0.5, 0.6) is 11.5 Å². The summed E-state index contributed by atoms with van der Waals surface area (Å²) in [5, 5.41) is 13.7. The van der Waals surface area contributed by atoms with Gasteiger partial charge in [-0.1, -0.05) is 17.7 Å². The van der Waals surface area contributed by atoms with E-state index in [1.807, 2.05) is 5.38 Å². The van der Waals surface area contributed by atoms with Crippen molar-refractivity contribution in [3.05, 3.63) is 63.4 Å². The minimum absolute atomic E-state index is 0.303. The van der Waals surface area contributed by atoms with Crippen molar-refractivity contribution in [2.45, 2.75) is 0 Å². The summed E-state index contributed by atoms with van der Waals surface area (Å²) in [6.07, 6.45) is 1.57. The number of hydrogen-bond donors (Lipinski definition) is 1. The highest BCUT2D eigenvalue weighted by Gasteiger charge is 2.13. The lowest BCUT2D eigenvalue weighted by atomic mass is 10.2. The second-order valence-corrected chi connectivity index (χ2v) is 6.22. The van der Waals surface area contributed by atoms with E-state index in [9.17, 15) is 4.79 Å². The van der Waals surface area contributed by atoms with E-state index >= 15 is 0 Å². The standard InChI is InChI=1S/C17H13ClN4O3S/c1-24-13-9-11(10-19-21-16-7-6-15(18)20-22-16)4-5-12(13)25-17(23)14-3-2-8-26-14/h2-10H,1H3,(H,21,22). The molecule has 0 radical (unpaired) electrons. The van der Waals surface area contributed by atoms with Crippen LogP contribution in [0, 0.1) is 0 Å². The molecule has 0 aliphatic heterocycles. The normalized spacial score (nSPS) is 10.7. The lowest BCUT2D eigenvalue weighted by molar-refractivity contribution is 0.0735. The van der Waals surface area contributed by atoms with Gasteiger partial charge in [0.1, 0.15) is 4.88 Å². The summed E-state index contributed by atoms with van der Waals surface area (Å²) in [4.78, 5) is 12.6. The van der Waals surface area contributed by atoms with Crippen LogP contribution in [0.1, 0.15) is 15.2 Å². The van der Waals surface area contributed by atoms with Gasteiger partial charge in [0.25, 0.3) is 0 Å². The number of benzene rings is 1. The third-order valence-corrected chi connectivity index (χ3v) is 4.19. The number of hydrogen-bond acceptors (Lipinski definition) is 8. The molecule has 2 heterocycles. The Labute approximate surface area is 158 Å². The number of carbonyl (C=O) groups is 1. The topological polar surface area (TPSA) is 85.7 Å². The van der Waals surface area contributed by atoms with Gasteiger partial charge in [-0.25, -0.2) is 4.79 Å². The molecule has 132 valence electrons. The van der Waals surface area contributed by atoms with Crippen LogP contribution in [0.4, 0.5) is 5.82 Å². The Morgan fingerprint density at radius 2 is 2.12 bits per heavy atom.